The van der Waals surface area contributed by atoms with Crippen LogP contribution in [0.15, 0.2) is 0 Å². The average molecular weight is 187 g/mol. The first-order valence-electron chi connectivity index (χ1n) is 5.18. The maximum absolute atomic E-state index is 5.42. The van der Waals surface area contributed by atoms with Gasteiger partial charge in [-0.05, 0) is 32.6 Å². The molecule has 0 aromatic heterocycles. The minimum atomic E-state index is -0.0869. The maximum Gasteiger partial charge on any atom is 0.0812 e. The van der Waals surface area contributed by atoms with Crippen LogP contribution in [-0.4, -0.2) is 12.1 Å². The summed E-state index contributed by atoms with van der Waals surface area (Å²) in [6, 6.07) is 0. The number of hydrogen-bond donors (Lipinski definition) is 1. The zero-order chi connectivity index (χ0) is 10.5. The van der Waals surface area contributed by atoms with Crippen molar-refractivity contribution >= 4 is 0 Å². The summed E-state index contributed by atoms with van der Waals surface area (Å²) in [4.78, 5) is 5.42. The van der Waals surface area contributed by atoms with Gasteiger partial charge in [0.2, 0.25) is 0 Å². The highest BCUT2D eigenvalue weighted by Gasteiger charge is 2.15. The van der Waals surface area contributed by atoms with Crippen molar-refractivity contribution < 1.29 is 4.84 Å². The molecule has 0 aliphatic heterocycles. The molecule has 0 saturated heterocycles. The summed E-state index contributed by atoms with van der Waals surface area (Å²) in [7, 11) is 0. The van der Waals surface area contributed by atoms with E-state index in [-0.39, 0.29) is 5.60 Å². The van der Waals surface area contributed by atoms with Crippen molar-refractivity contribution in [3.05, 3.63) is 0 Å². The second-order valence-corrected chi connectivity index (χ2v) is 5.38. The van der Waals surface area contributed by atoms with Crippen molar-refractivity contribution in [1.82, 2.24) is 5.48 Å². The van der Waals surface area contributed by atoms with E-state index in [0.29, 0.717) is 5.41 Å². The normalized spacial score (nSPS) is 13.4. The summed E-state index contributed by atoms with van der Waals surface area (Å²) in [5.74, 6) is 0. The predicted molar refractivity (Wildman–Crippen MR) is 57.5 cm³/mol. The molecule has 0 aromatic carbocycles. The molecule has 1 N–H and O–H groups in total. The largest absolute Gasteiger partial charge is 0.296 e. The molecule has 0 spiro atoms. The molecule has 80 valence electrons. The Morgan fingerprint density at radius 2 is 1.62 bits per heavy atom. The second-order valence-electron chi connectivity index (χ2n) is 5.38. The summed E-state index contributed by atoms with van der Waals surface area (Å²) in [5.41, 5.74) is 3.35. The number of rotatable bonds is 5. The molecule has 0 saturated carbocycles. The Hall–Kier alpha value is -0.0800. The van der Waals surface area contributed by atoms with Gasteiger partial charge in [-0.25, -0.2) is 5.48 Å². The fourth-order valence-corrected chi connectivity index (χ4v) is 0.834. The van der Waals surface area contributed by atoms with Gasteiger partial charge in [-0.3, -0.25) is 4.84 Å². The lowest BCUT2D eigenvalue weighted by Crippen LogP contribution is -2.31. The fourth-order valence-electron chi connectivity index (χ4n) is 0.834. The van der Waals surface area contributed by atoms with Gasteiger partial charge in [0, 0.05) is 6.54 Å². The lowest BCUT2D eigenvalue weighted by atomic mass is 9.87. The molecule has 0 bridgehead atoms. The van der Waals surface area contributed by atoms with Crippen molar-refractivity contribution in [3.8, 4) is 0 Å². The first kappa shape index (κ1) is 12.9. The zero-order valence-corrected chi connectivity index (χ0v) is 10.0. The average Bonchev–Trinajstić information content (AvgIpc) is 1.97. The fraction of sp³-hybridized carbons (Fsp3) is 1.00. The van der Waals surface area contributed by atoms with Gasteiger partial charge in [0.05, 0.1) is 5.60 Å². The minimum Gasteiger partial charge on any atom is -0.296 e. The van der Waals surface area contributed by atoms with E-state index in [1.165, 1.54) is 6.42 Å². The van der Waals surface area contributed by atoms with Crippen LogP contribution in [0.1, 0.15) is 54.4 Å². The van der Waals surface area contributed by atoms with E-state index in [4.69, 9.17) is 4.84 Å². The predicted octanol–water partition coefficient (Wildman–Crippen LogP) is 3.13. The Kier molecular flexibility index (Phi) is 4.93. The molecule has 0 atom stereocenters. The molecule has 0 rings (SSSR count). The third-order valence-corrected chi connectivity index (χ3v) is 2.24. The van der Waals surface area contributed by atoms with Crippen LogP contribution in [-0.2, 0) is 4.84 Å². The Balaban J connectivity index is 3.47. The van der Waals surface area contributed by atoms with E-state index in [1.807, 2.05) is 20.8 Å². The van der Waals surface area contributed by atoms with Gasteiger partial charge in [-0.2, -0.15) is 0 Å². The van der Waals surface area contributed by atoms with E-state index < -0.39 is 0 Å². The van der Waals surface area contributed by atoms with Crippen LogP contribution in [0.5, 0.6) is 0 Å². The topological polar surface area (TPSA) is 21.3 Å². The van der Waals surface area contributed by atoms with Gasteiger partial charge in [0.25, 0.3) is 0 Å². The van der Waals surface area contributed by atoms with E-state index in [9.17, 15) is 0 Å². The first-order chi connectivity index (χ1) is 5.77. The van der Waals surface area contributed by atoms with Crippen molar-refractivity contribution in [1.29, 1.82) is 0 Å². The summed E-state index contributed by atoms with van der Waals surface area (Å²) in [5, 5.41) is 0. The lowest BCUT2D eigenvalue weighted by Gasteiger charge is -2.24. The molecular formula is C11H25NO. The molecule has 2 heteroatoms. The van der Waals surface area contributed by atoms with Gasteiger partial charge in [-0.1, -0.05) is 27.2 Å². The lowest BCUT2D eigenvalue weighted by molar-refractivity contribution is -0.0750. The Morgan fingerprint density at radius 1 is 1.08 bits per heavy atom. The zero-order valence-electron chi connectivity index (χ0n) is 10.0. The number of nitrogens with one attached hydrogen (secondary N) is 1. The standard InChI is InChI=1S/C11H25NO/c1-7-11(5,6)8-9-12-13-10(2,3)4/h12H,7-9H2,1-6H3. The van der Waals surface area contributed by atoms with Crippen molar-refractivity contribution in [2.75, 3.05) is 6.54 Å². The molecule has 0 aromatic rings. The Labute approximate surface area is 83.0 Å². The maximum atomic E-state index is 5.42. The molecule has 13 heavy (non-hydrogen) atoms. The van der Waals surface area contributed by atoms with Crippen LogP contribution in [0.25, 0.3) is 0 Å². The quantitative estimate of drug-likeness (QED) is 0.527. The van der Waals surface area contributed by atoms with Crippen LogP contribution in [0, 0.1) is 5.41 Å². The van der Waals surface area contributed by atoms with Crippen LogP contribution >= 0.6 is 0 Å². The molecule has 0 unspecified atom stereocenters. The van der Waals surface area contributed by atoms with E-state index in [2.05, 4.69) is 26.3 Å². The number of hydroxylamine groups is 1. The third kappa shape index (κ3) is 8.26. The van der Waals surface area contributed by atoms with Crippen LogP contribution in [0.3, 0.4) is 0 Å². The summed E-state index contributed by atoms with van der Waals surface area (Å²) in [6.07, 6.45) is 2.36. The highest BCUT2D eigenvalue weighted by atomic mass is 16.7. The van der Waals surface area contributed by atoms with E-state index in [0.717, 1.165) is 13.0 Å². The van der Waals surface area contributed by atoms with E-state index >= 15 is 0 Å². The summed E-state index contributed by atoms with van der Waals surface area (Å²) in [6.45, 7) is 13.9. The molecule has 0 amide bonds. The van der Waals surface area contributed by atoms with Crippen LogP contribution < -0.4 is 5.48 Å². The van der Waals surface area contributed by atoms with Gasteiger partial charge in [0.15, 0.2) is 0 Å². The smallest absolute Gasteiger partial charge is 0.0812 e. The van der Waals surface area contributed by atoms with Crippen molar-refractivity contribution in [3.63, 3.8) is 0 Å². The second kappa shape index (κ2) is 4.97. The highest BCUT2D eigenvalue weighted by molar-refractivity contribution is 4.66. The van der Waals surface area contributed by atoms with Crippen molar-refractivity contribution in [2.45, 2.75) is 60.0 Å². The van der Waals surface area contributed by atoms with Crippen LogP contribution in [0.4, 0.5) is 0 Å². The van der Waals surface area contributed by atoms with Gasteiger partial charge in [-0.15, -0.1) is 0 Å². The summed E-state index contributed by atoms with van der Waals surface area (Å²) < 4.78 is 0. The Bertz CT molecular complexity index is 136. The van der Waals surface area contributed by atoms with Crippen molar-refractivity contribution in [2.24, 2.45) is 5.41 Å². The Morgan fingerprint density at radius 3 is 2.00 bits per heavy atom. The minimum absolute atomic E-state index is 0.0869. The van der Waals surface area contributed by atoms with E-state index in [1.54, 1.807) is 0 Å². The molecule has 0 aliphatic rings. The molecule has 2 nitrogen and oxygen atoms in total. The van der Waals surface area contributed by atoms with Crippen LogP contribution in [0.2, 0.25) is 0 Å². The first-order valence-corrected chi connectivity index (χ1v) is 5.18. The van der Waals surface area contributed by atoms with Gasteiger partial charge < -0.3 is 0 Å². The molecule has 0 fully saturated rings. The molecular weight excluding hydrogens is 162 g/mol. The monoisotopic (exact) mass is 187 g/mol. The highest BCUT2D eigenvalue weighted by Crippen LogP contribution is 2.23. The van der Waals surface area contributed by atoms with Gasteiger partial charge in [0.1, 0.15) is 0 Å². The molecule has 0 heterocycles. The number of hydrogen-bond acceptors (Lipinski definition) is 2. The third-order valence-electron chi connectivity index (χ3n) is 2.24. The summed E-state index contributed by atoms with van der Waals surface area (Å²) >= 11 is 0. The van der Waals surface area contributed by atoms with Gasteiger partial charge >= 0.3 is 0 Å². The molecule has 0 aliphatic carbocycles. The molecule has 0 radical (unpaired) electrons. The SMILES string of the molecule is CCC(C)(C)CCNOC(C)(C)C.